The van der Waals surface area contributed by atoms with Gasteiger partial charge in [-0.1, -0.05) is 48.5 Å². The van der Waals surface area contributed by atoms with Crippen molar-refractivity contribution in [3.63, 3.8) is 0 Å². The highest BCUT2D eigenvalue weighted by Gasteiger charge is 2.14. The fourth-order valence-electron chi connectivity index (χ4n) is 4.75. The van der Waals surface area contributed by atoms with Crippen LogP contribution in [0.25, 0.3) is 32.7 Å². The molecule has 14 heteroatoms. The minimum Gasteiger partial charge on any atom is -0.506 e. The van der Waals surface area contributed by atoms with E-state index >= 15 is 0 Å². The fraction of sp³-hybridized carbons (Fsp3) is 0. The van der Waals surface area contributed by atoms with Gasteiger partial charge in [0.05, 0.1) is 21.2 Å². The van der Waals surface area contributed by atoms with Crippen LogP contribution in [0.1, 0.15) is 0 Å². The molecule has 0 fully saturated rings. The molecule has 0 saturated heterocycles. The highest BCUT2D eigenvalue weighted by molar-refractivity contribution is 7.86. The van der Waals surface area contributed by atoms with Gasteiger partial charge in [-0.15, -0.1) is 10.2 Å². The zero-order valence-electron chi connectivity index (χ0n) is 23.4. The van der Waals surface area contributed by atoms with E-state index in [9.17, 15) is 36.2 Å². The smallest absolute Gasteiger partial charge is 0.294 e. The molecule has 0 bridgehead atoms. The largest absolute Gasteiger partial charge is 0.506 e. The molecule has 0 atom stereocenters. The maximum absolute atomic E-state index is 11.5. The molecule has 0 aliphatic carbocycles. The number of aromatic hydroxyl groups is 2. The van der Waals surface area contributed by atoms with Gasteiger partial charge in [-0.3, -0.25) is 9.11 Å². The lowest BCUT2D eigenvalue weighted by atomic mass is 10.1. The molecule has 0 amide bonds. The van der Waals surface area contributed by atoms with Crippen LogP contribution >= 0.6 is 0 Å². The first-order valence-electron chi connectivity index (χ1n) is 13.4. The Morgan fingerprint density at radius 3 is 1.15 bits per heavy atom. The van der Waals surface area contributed by atoms with Crippen LogP contribution in [-0.2, 0) is 20.2 Å². The van der Waals surface area contributed by atoms with Crippen molar-refractivity contribution < 1.29 is 36.2 Å². The first kappa shape index (κ1) is 30.5. The number of phenolic OH excluding ortho intramolecular Hbond substituents is 2. The van der Waals surface area contributed by atoms with Crippen LogP contribution in [0.3, 0.4) is 0 Å². The zero-order chi connectivity index (χ0) is 32.6. The number of phenols is 2. The molecule has 0 aliphatic heterocycles. The van der Waals surface area contributed by atoms with Gasteiger partial charge in [0.1, 0.15) is 22.9 Å². The zero-order valence-corrected chi connectivity index (χ0v) is 25.1. The molecule has 4 N–H and O–H groups in total. The summed E-state index contributed by atoms with van der Waals surface area (Å²) in [6.07, 6.45) is 0. The molecular weight excluding hydrogens is 633 g/mol. The molecule has 0 unspecified atom stereocenters. The Labute approximate surface area is 262 Å². The highest BCUT2D eigenvalue weighted by Crippen LogP contribution is 2.39. The van der Waals surface area contributed by atoms with E-state index < -0.39 is 20.2 Å². The van der Waals surface area contributed by atoms with Crippen LogP contribution in [0.5, 0.6) is 11.5 Å². The first-order valence-corrected chi connectivity index (χ1v) is 16.3. The number of azo groups is 2. The molecule has 6 rings (SSSR count). The monoisotopic (exact) mass is 654 g/mol. The van der Waals surface area contributed by atoms with Crippen molar-refractivity contribution in [2.75, 3.05) is 0 Å². The van der Waals surface area contributed by atoms with Gasteiger partial charge in [0.25, 0.3) is 20.2 Å². The number of nitrogens with zero attached hydrogens (tertiary/aromatic N) is 4. The highest BCUT2D eigenvalue weighted by atomic mass is 32.2. The van der Waals surface area contributed by atoms with Crippen LogP contribution in [0, 0.1) is 0 Å². The van der Waals surface area contributed by atoms with E-state index in [1.165, 1.54) is 60.7 Å². The third-order valence-electron chi connectivity index (χ3n) is 7.08. The standard InChI is InChI=1S/C32H22N4O8S2/c37-29-15-5-21-17-25(45(39,40)41)11-13-27(21)31(29)35-33-23-7-1-19(2-8-23)20-3-9-24(10-4-20)34-36-32-28-14-12-26(46(42,43)44)18-22(28)6-16-30(32)38/h1-18,37-38H,(H,39,40,41)(H,42,43,44). The number of hydrogen-bond donors (Lipinski definition) is 4. The summed E-state index contributed by atoms with van der Waals surface area (Å²) in [7, 11) is -8.78. The van der Waals surface area contributed by atoms with Gasteiger partial charge >= 0.3 is 0 Å². The average Bonchev–Trinajstić information content (AvgIpc) is 3.03. The van der Waals surface area contributed by atoms with E-state index in [0.717, 1.165) is 11.1 Å². The third-order valence-corrected chi connectivity index (χ3v) is 8.78. The Morgan fingerprint density at radius 1 is 0.435 bits per heavy atom. The van der Waals surface area contributed by atoms with Crippen molar-refractivity contribution in [2.45, 2.75) is 9.79 Å². The summed E-state index contributed by atoms with van der Waals surface area (Å²) < 4.78 is 64.6. The second kappa shape index (κ2) is 11.8. The summed E-state index contributed by atoms with van der Waals surface area (Å²) in [5.74, 6) is -0.293. The Bertz CT molecular complexity index is 2260. The molecule has 6 aromatic carbocycles. The second-order valence-electron chi connectivity index (χ2n) is 10.1. The van der Waals surface area contributed by atoms with E-state index in [1.54, 1.807) is 24.3 Å². The topological polar surface area (TPSA) is 199 Å². The van der Waals surface area contributed by atoms with Gasteiger partial charge in [0.15, 0.2) is 0 Å². The number of rotatable bonds is 7. The summed E-state index contributed by atoms with van der Waals surface area (Å²) >= 11 is 0. The van der Waals surface area contributed by atoms with Crippen LogP contribution in [0.4, 0.5) is 22.7 Å². The Kier molecular flexibility index (Phi) is 7.79. The van der Waals surface area contributed by atoms with Gasteiger partial charge in [-0.2, -0.15) is 27.1 Å². The van der Waals surface area contributed by atoms with E-state index in [2.05, 4.69) is 20.5 Å². The molecule has 12 nitrogen and oxygen atoms in total. The molecule has 0 saturated carbocycles. The third kappa shape index (κ3) is 6.31. The van der Waals surface area contributed by atoms with Gasteiger partial charge in [0.2, 0.25) is 0 Å². The Morgan fingerprint density at radius 2 is 0.804 bits per heavy atom. The van der Waals surface area contributed by atoms with Gasteiger partial charge in [-0.05, 0) is 82.6 Å². The van der Waals surface area contributed by atoms with Crippen molar-refractivity contribution in [1.82, 2.24) is 0 Å². The fourth-order valence-corrected chi connectivity index (χ4v) is 5.78. The minimum atomic E-state index is -4.39. The normalized spacial score (nSPS) is 12.5. The summed E-state index contributed by atoms with van der Waals surface area (Å²) in [4.78, 5) is -0.549. The van der Waals surface area contributed by atoms with Crippen LogP contribution in [-0.4, -0.2) is 36.2 Å². The summed E-state index contributed by atoms with van der Waals surface area (Å²) in [5.41, 5.74) is 3.03. The predicted molar refractivity (Wildman–Crippen MR) is 171 cm³/mol. The minimum absolute atomic E-state index is 0.146. The maximum atomic E-state index is 11.5. The van der Waals surface area contributed by atoms with Crippen LogP contribution in [0.15, 0.2) is 139 Å². The summed E-state index contributed by atoms with van der Waals surface area (Å²) in [6, 6.07) is 27.9. The molecule has 0 aromatic heterocycles. The Balaban J connectivity index is 1.20. The number of fused-ring (bicyclic) bond motifs is 2. The molecule has 230 valence electrons. The van der Waals surface area contributed by atoms with Crippen molar-refractivity contribution in [3.05, 3.63) is 109 Å². The molecule has 6 aromatic rings. The van der Waals surface area contributed by atoms with Crippen LogP contribution in [0.2, 0.25) is 0 Å². The van der Waals surface area contributed by atoms with Crippen molar-refractivity contribution in [1.29, 1.82) is 0 Å². The molecule has 0 radical (unpaired) electrons. The predicted octanol–water partition coefficient (Wildman–Crippen LogP) is 8.40. The molecule has 0 heterocycles. The molecule has 0 spiro atoms. The van der Waals surface area contributed by atoms with Gasteiger partial charge in [-0.25, -0.2) is 0 Å². The average molecular weight is 655 g/mol. The lowest BCUT2D eigenvalue weighted by Gasteiger charge is -2.06. The van der Waals surface area contributed by atoms with E-state index in [-0.39, 0.29) is 32.7 Å². The van der Waals surface area contributed by atoms with Gasteiger partial charge in [0, 0.05) is 10.8 Å². The van der Waals surface area contributed by atoms with Gasteiger partial charge < -0.3 is 10.2 Å². The summed E-state index contributed by atoms with van der Waals surface area (Å²) in [6.45, 7) is 0. The molecular formula is C32H22N4O8S2. The van der Waals surface area contributed by atoms with Crippen molar-refractivity contribution >= 4 is 64.5 Å². The second-order valence-corrected chi connectivity index (χ2v) is 12.9. The van der Waals surface area contributed by atoms with E-state index in [0.29, 0.717) is 32.9 Å². The lowest BCUT2D eigenvalue weighted by molar-refractivity contribution is 0.476. The number of hydrogen-bond acceptors (Lipinski definition) is 10. The van der Waals surface area contributed by atoms with E-state index in [4.69, 9.17) is 0 Å². The molecule has 0 aliphatic rings. The van der Waals surface area contributed by atoms with Crippen LogP contribution < -0.4 is 0 Å². The SMILES string of the molecule is O=S(=O)(O)c1ccc2c(N=Nc3ccc(-c4ccc(N=Nc5c(O)ccc6cc(S(=O)(=O)O)ccc56)cc4)cc3)c(O)ccc2c1. The summed E-state index contributed by atoms with van der Waals surface area (Å²) in [5, 5.41) is 39.3. The number of benzene rings is 6. The van der Waals surface area contributed by atoms with Crippen molar-refractivity contribution in [3.8, 4) is 22.6 Å². The van der Waals surface area contributed by atoms with Crippen molar-refractivity contribution in [2.24, 2.45) is 20.5 Å². The quantitative estimate of drug-likeness (QED) is 0.0971. The Hall–Kier alpha value is -5.54. The molecule has 46 heavy (non-hydrogen) atoms. The first-order chi connectivity index (χ1) is 21.9. The maximum Gasteiger partial charge on any atom is 0.294 e. The lowest BCUT2D eigenvalue weighted by Crippen LogP contribution is -1.97. The van der Waals surface area contributed by atoms with E-state index in [1.807, 2.05) is 24.3 Å².